The molecule has 2 atom stereocenters. The van der Waals surface area contributed by atoms with Crippen molar-refractivity contribution in [3.8, 4) is 11.8 Å². The molecule has 0 aromatic rings. The Balaban J connectivity index is 2.83. The van der Waals surface area contributed by atoms with Crippen molar-refractivity contribution in [3.63, 3.8) is 0 Å². The normalized spacial score (nSPS) is 29.1. The fraction of sp³-hybridized carbons (Fsp3) is 0.778. The molecule has 1 rings (SSSR count). The number of rotatable bonds is 1. The predicted molar refractivity (Wildman–Crippen MR) is 50.7 cm³/mol. The molecule has 1 aliphatic carbocycles. The van der Waals surface area contributed by atoms with Gasteiger partial charge in [0, 0.05) is 5.92 Å². The summed E-state index contributed by atoms with van der Waals surface area (Å²) in [5.41, 5.74) is 0. The molecule has 0 aliphatic heterocycles. The van der Waals surface area contributed by atoms with E-state index in [-0.39, 0.29) is 5.92 Å². The maximum Gasteiger partial charge on any atom is 0.268 e. The molecule has 1 fully saturated rings. The molecule has 0 aromatic carbocycles. The molecule has 0 radical (unpaired) electrons. The van der Waals surface area contributed by atoms with Gasteiger partial charge in [-0.3, -0.25) is 4.55 Å². The molecule has 0 aromatic heterocycles. The van der Waals surface area contributed by atoms with Crippen molar-refractivity contribution in [1.29, 1.82) is 0 Å². The Bertz CT molecular complexity index is 321. The molecule has 3 nitrogen and oxygen atoms in total. The van der Waals surface area contributed by atoms with Crippen LogP contribution in [0.1, 0.15) is 32.6 Å². The van der Waals surface area contributed by atoms with E-state index in [2.05, 4.69) is 11.8 Å². The predicted octanol–water partition coefficient (Wildman–Crippen LogP) is 1.46. The van der Waals surface area contributed by atoms with Crippen LogP contribution in [0.25, 0.3) is 0 Å². The van der Waals surface area contributed by atoms with Crippen molar-refractivity contribution in [1.82, 2.24) is 0 Å². The van der Waals surface area contributed by atoms with Crippen LogP contribution in [0.4, 0.5) is 0 Å². The van der Waals surface area contributed by atoms with Gasteiger partial charge in [0.25, 0.3) is 10.1 Å². The molecule has 0 saturated heterocycles. The molecule has 1 N–H and O–H groups in total. The van der Waals surface area contributed by atoms with Crippen LogP contribution < -0.4 is 0 Å². The second-order valence-electron chi connectivity index (χ2n) is 3.34. The maximum atomic E-state index is 11.0. The summed E-state index contributed by atoms with van der Waals surface area (Å²) in [5.74, 6) is 5.39. The third-order valence-electron chi connectivity index (χ3n) is 2.41. The quantitative estimate of drug-likeness (QED) is 0.517. The van der Waals surface area contributed by atoms with Gasteiger partial charge in [-0.05, 0) is 19.8 Å². The van der Waals surface area contributed by atoms with Gasteiger partial charge in [0.1, 0.15) is 5.25 Å². The van der Waals surface area contributed by atoms with Crippen LogP contribution in [0.3, 0.4) is 0 Å². The SMILES string of the molecule is CC#CC1CCCCC1S(=O)(=O)O. The summed E-state index contributed by atoms with van der Waals surface area (Å²) in [5, 5.41) is -0.659. The van der Waals surface area contributed by atoms with Gasteiger partial charge in [-0.25, -0.2) is 0 Å². The molecule has 0 spiro atoms. The highest BCUT2D eigenvalue weighted by molar-refractivity contribution is 7.86. The fourth-order valence-corrected chi connectivity index (χ4v) is 2.89. The molecule has 1 aliphatic rings. The summed E-state index contributed by atoms with van der Waals surface area (Å²) in [6.45, 7) is 1.69. The number of hydrogen-bond donors (Lipinski definition) is 1. The van der Waals surface area contributed by atoms with Crippen LogP contribution in [0.15, 0.2) is 0 Å². The zero-order valence-corrected chi connectivity index (χ0v) is 8.47. The van der Waals surface area contributed by atoms with E-state index in [0.29, 0.717) is 6.42 Å². The first kappa shape index (κ1) is 10.6. The topological polar surface area (TPSA) is 54.4 Å². The maximum absolute atomic E-state index is 11.0. The zero-order valence-electron chi connectivity index (χ0n) is 7.66. The second-order valence-corrected chi connectivity index (χ2v) is 4.97. The Labute approximate surface area is 79.3 Å². The lowest BCUT2D eigenvalue weighted by Gasteiger charge is -2.24. The van der Waals surface area contributed by atoms with Gasteiger partial charge in [-0.2, -0.15) is 8.42 Å². The minimum absolute atomic E-state index is 0.172. The van der Waals surface area contributed by atoms with E-state index in [0.717, 1.165) is 19.3 Å². The highest BCUT2D eigenvalue weighted by Crippen LogP contribution is 2.28. The van der Waals surface area contributed by atoms with E-state index < -0.39 is 15.4 Å². The summed E-state index contributed by atoms with van der Waals surface area (Å²) < 4.78 is 30.9. The Hall–Kier alpha value is -0.530. The molecular weight excluding hydrogens is 188 g/mol. The average Bonchev–Trinajstić information content (AvgIpc) is 2.04. The summed E-state index contributed by atoms with van der Waals surface area (Å²) in [6.07, 6.45) is 3.20. The van der Waals surface area contributed by atoms with Crippen molar-refractivity contribution in [2.75, 3.05) is 0 Å². The summed E-state index contributed by atoms with van der Waals surface area (Å²) in [6, 6.07) is 0. The minimum Gasteiger partial charge on any atom is -0.285 e. The van der Waals surface area contributed by atoms with Gasteiger partial charge in [0.15, 0.2) is 0 Å². The monoisotopic (exact) mass is 202 g/mol. The summed E-state index contributed by atoms with van der Waals surface area (Å²) in [4.78, 5) is 0. The Morgan fingerprint density at radius 3 is 2.46 bits per heavy atom. The van der Waals surface area contributed by atoms with Crippen molar-refractivity contribution in [2.24, 2.45) is 5.92 Å². The standard InChI is InChI=1S/C9H14O3S/c1-2-5-8-6-3-4-7-9(8)13(10,11)12/h8-9H,3-4,6-7H2,1H3,(H,10,11,12). The van der Waals surface area contributed by atoms with Crippen molar-refractivity contribution in [2.45, 2.75) is 37.9 Å². The van der Waals surface area contributed by atoms with E-state index in [1.54, 1.807) is 6.92 Å². The Kier molecular flexibility index (Phi) is 3.34. The van der Waals surface area contributed by atoms with Gasteiger partial charge in [-0.15, -0.1) is 5.92 Å². The average molecular weight is 202 g/mol. The smallest absolute Gasteiger partial charge is 0.268 e. The highest BCUT2D eigenvalue weighted by atomic mass is 32.2. The molecule has 74 valence electrons. The first-order valence-electron chi connectivity index (χ1n) is 4.44. The van der Waals surface area contributed by atoms with Crippen LogP contribution in [0.2, 0.25) is 0 Å². The first-order valence-corrected chi connectivity index (χ1v) is 5.94. The highest BCUT2D eigenvalue weighted by Gasteiger charge is 2.33. The molecule has 0 bridgehead atoms. The molecular formula is C9H14O3S. The van der Waals surface area contributed by atoms with Crippen molar-refractivity contribution in [3.05, 3.63) is 0 Å². The lowest BCUT2D eigenvalue weighted by molar-refractivity contribution is 0.386. The molecule has 0 amide bonds. The molecule has 0 heterocycles. The summed E-state index contributed by atoms with van der Waals surface area (Å²) >= 11 is 0. The van der Waals surface area contributed by atoms with Crippen LogP contribution in [0.5, 0.6) is 0 Å². The summed E-state index contributed by atoms with van der Waals surface area (Å²) in [7, 11) is -3.90. The third-order valence-corrected chi connectivity index (χ3v) is 3.74. The molecule has 1 saturated carbocycles. The van der Waals surface area contributed by atoms with Crippen molar-refractivity contribution < 1.29 is 13.0 Å². The van der Waals surface area contributed by atoms with E-state index in [4.69, 9.17) is 4.55 Å². The minimum atomic E-state index is -3.90. The van der Waals surface area contributed by atoms with Crippen LogP contribution in [-0.2, 0) is 10.1 Å². The third kappa shape index (κ3) is 2.71. The molecule has 4 heteroatoms. The number of hydrogen-bond acceptors (Lipinski definition) is 2. The Morgan fingerprint density at radius 1 is 1.31 bits per heavy atom. The van der Waals surface area contributed by atoms with Crippen LogP contribution in [0, 0.1) is 17.8 Å². The zero-order chi connectivity index (χ0) is 9.90. The van der Waals surface area contributed by atoms with Gasteiger partial charge in [-0.1, -0.05) is 18.8 Å². The van der Waals surface area contributed by atoms with E-state index in [1.165, 1.54) is 0 Å². The van der Waals surface area contributed by atoms with Crippen LogP contribution in [-0.4, -0.2) is 18.2 Å². The van der Waals surface area contributed by atoms with Gasteiger partial charge in [0.2, 0.25) is 0 Å². The molecule has 2 unspecified atom stereocenters. The second kappa shape index (κ2) is 4.12. The van der Waals surface area contributed by atoms with E-state index in [1.807, 2.05) is 0 Å². The Morgan fingerprint density at radius 2 is 1.92 bits per heavy atom. The first-order chi connectivity index (χ1) is 6.05. The lowest BCUT2D eigenvalue weighted by Crippen LogP contribution is -2.31. The fourth-order valence-electron chi connectivity index (χ4n) is 1.80. The van der Waals surface area contributed by atoms with E-state index in [9.17, 15) is 8.42 Å². The van der Waals surface area contributed by atoms with Crippen LogP contribution >= 0.6 is 0 Å². The van der Waals surface area contributed by atoms with Crippen molar-refractivity contribution >= 4 is 10.1 Å². The van der Waals surface area contributed by atoms with Gasteiger partial charge < -0.3 is 0 Å². The largest absolute Gasteiger partial charge is 0.285 e. The molecule has 13 heavy (non-hydrogen) atoms. The van der Waals surface area contributed by atoms with Gasteiger partial charge >= 0.3 is 0 Å². The van der Waals surface area contributed by atoms with Gasteiger partial charge in [0.05, 0.1) is 0 Å². The van der Waals surface area contributed by atoms with E-state index >= 15 is 0 Å². The lowest BCUT2D eigenvalue weighted by atomic mass is 9.89.